The number of phenolic OH excluding ortho intramolecular Hbond substituents is 1. The monoisotopic (exact) mass is 230 g/mol. The van der Waals surface area contributed by atoms with E-state index >= 15 is 0 Å². The van der Waals surface area contributed by atoms with Crippen LogP contribution in [0.15, 0.2) is 22.7 Å². The molecule has 0 aliphatic heterocycles. The highest BCUT2D eigenvalue weighted by Crippen LogP contribution is 2.21. The summed E-state index contributed by atoms with van der Waals surface area (Å²) in [4.78, 5) is 11.0. The molecule has 1 aromatic rings. The maximum absolute atomic E-state index is 11.0. The number of halogens is 1. The van der Waals surface area contributed by atoms with Crippen LogP contribution in [0.4, 0.5) is 0 Å². The minimum Gasteiger partial charge on any atom is -0.507 e. The van der Waals surface area contributed by atoms with Crippen molar-refractivity contribution in [1.29, 1.82) is 0 Å². The number of nitrogens with two attached hydrogens (primary N) is 1. The van der Waals surface area contributed by atoms with Gasteiger partial charge in [0.05, 0.1) is 5.56 Å². The Hall–Kier alpha value is -1.07. The first-order valence-corrected chi connectivity index (χ1v) is 3.94. The number of carbonyl (C=O) groups excluding carboxylic acids is 1. The molecule has 4 nitrogen and oxygen atoms in total. The topological polar surface area (TPSA) is 75.3 Å². The number of hydrogen-bond acceptors (Lipinski definition) is 3. The first-order valence-electron chi connectivity index (χ1n) is 3.14. The fourth-order valence-electron chi connectivity index (χ4n) is 0.768. The number of hydrogen-bond donors (Lipinski definition) is 3. The molecule has 0 fully saturated rings. The third kappa shape index (κ3) is 1.75. The van der Waals surface area contributed by atoms with E-state index in [-0.39, 0.29) is 11.3 Å². The van der Waals surface area contributed by atoms with Crippen LogP contribution in [0.1, 0.15) is 10.4 Å². The number of nitrogens with one attached hydrogen (secondary N) is 1. The van der Waals surface area contributed by atoms with E-state index in [4.69, 9.17) is 5.84 Å². The summed E-state index contributed by atoms with van der Waals surface area (Å²) in [6.45, 7) is 0. The van der Waals surface area contributed by atoms with Crippen molar-refractivity contribution in [1.82, 2.24) is 5.43 Å². The van der Waals surface area contributed by atoms with Crippen LogP contribution >= 0.6 is 15.9 Å². The van der Waals surface area contributed by atoms with Crippen LogP contribution in [0.3, 0.4) is 0 Å². The standard InChI is InChI=1S/C7H7BrN2O2/c8-4-1-2-6(11)5(3-4)7(12)10-9/h1-3,11H,9H2,(H,10,12). The van der Waals surface area contributed by atoms with E-state index in [1.165, 1.54) is 12.1 Å². The number of aromatic hydroxyl groups is 1. The Balaban J connectivity index is 3.13. The highest BCUT2D eigenvalue weighted by atomic mass is 79.9. The number of carbonyl (C=O) groups is 1. The van der Waals surface area contributed by atoms with E-state index in [2.05, 4.69) is 15.9 Å². The molecule has 0 radical (unpaired) electrons. The molecule has 0 atom stereocenters. The Morgan fingerprint density at radius 1 is 1.58 bits per heavy atom. The van der Waals surface area contributed by atoms with Crippen LogP contribution in [0.25, 0.3) is 0 Å². The minimum atomic E-state index is -0.520. The third-order valence-electron chi connectivity index (χ3n) is 1.33. The van der Waals surface area contributed by atoms with Crippen LogP contribution in [-0.4, -0.2) is 11.0 Å². The van der Waals surface area contributed by atoms with Gasteiger partial charge in [-0.3, -0.25) is 10.2 Å². The van der Waals surface area contributed by atoms with Crippen LogP contribution < -0.4 is 11.3 Å². The number of phenols is 1. The Bertz CT molecular complexity index is 314. The van der Waals surface area contributed by atoms with Crippen molar-refractivity contribution < 1.29 is 9.90 Å². The first-order chi connectivity index (χ1) is 5.65. The van der Waals surface area contributed by atoms with Crippen molar-refractivity contribution in [2.24, 2.45) is 5.84 Å². The van der Waals surface area contributed by atoms with E-state index in [1.807, 2.05) is 5.43 Å². The molecule has 4 N–H and O–H groups in total. The second-order valence-electron chi connectivity index (χ2n) is 2.13. The molecule has 0 aliphatic carbocycles. The van der Waals surface area contributed by atoms with Gasteiger partial charge in [0.1, 0.15) is 5.75 Å². The second kappa shape index (κ2) is 3.55. The van der Waals surface area contributed by atoms with Gasteiger partial charge in [-0.25, -0.2) is 5.84 Å². The fourth-order valence-corrected chi connectivity index (χ4v) is 1.13. The third-order valence-corrected chi connectivity index (χ3v) is 1.83. The predicted octanol–water partition coefficient (Wildman–Crippen LogP) is 0.758. The zero-order valence-electron chi connectivity index (χ0n) is 6.04. The van der Waals surface area contributed by atoms with Crippen LogP contribution in [0.2, 0.25) is 0 Å². The van der Waals surface area contributed by atoms with E-state index in [0.29, 0.717) is 4.47 Å². The molecule has 5 heteroatoms. The molecule has 1 aromatic carbocycles. The van der Waals surface area contributed by atoms with Gasteiger partial charge in [0.15, 0.2) is 0 Å². The molecule has 64 valence electrons. The molecular formula is C7H7BrN2O2. The maximum atomic E-state index is 11.0. The smallest absolute Gasteiger partial charge is 0.268 e. The molecule has 1 amide bonds. The van der Waals surface area contributed by atoms with Gasteiger partial charge in [-0.2, -0.15) is 0 Å². The summed E-state index contributed by atoms with van der Waals surface area (Å²) in [5, 5.41) is 9.20. The summed E-state index contributed by atoms with van der Waals surface area (Å²) in [6, 6.07) is 4.52. The summed E-state index contributed by atoms with van der Waals surface area (Å²) >= 11 is 3.16. The predicted molar refractivity (Wildman–Crippen MR) is 47.5 cm³/mol. The van der Waals surface area contributed by atoms with Gasteiger partial charge in [0.2, 0.25) is 0 Å². The van der Waals surface area contributed by atoms with Gasteiger partial charge >= 0.3 is 0 Å². The lowest BCUT2D eigenvalue weighted by Crippen LogP contribution is -2.29. The first kappa shape index (κ1) is 9.02. The fraction of sp³-hybridized carbons (Fsp3) is 0. The van der Waals surface area contributed by atoms with Gasteiger partial charge < -0.3 is 5.11 Å². The van der Waals surface area contributed by atoms with Crippen LogP contribution in [0.5, 0.6) is 5.75 Å². The van der Waals surface area contributed by atoms with Crippen LogP contribution in [0, 0.1) is 0 Å². The average molecular weight is 231 g/mol. The van der Waals surface area contributed by atoms with Gasteiger partial charge in [-0.15, -0.1) is 0 Å². The molecule has 0 bridgehead atoms. The van der Waals surface area contributed by atoms with Gasteiger partial charge in [0.25, 0.3) is 5.91 Å². The second-order valence-corrected chi connectivity index (χ2v) is 3.05. The zero-order chi connectivity index (χ0) is 9.14. The molecular weight excluding hydrogens is 224 g/mol. The molecule has 0 unspecified atom stereocenters. The summed E-state index contributed by atoms with van der Waals surface area (Å²) in [5.41, 5.74) is 2.07. The maximum Gasteiger partial charge on any atom is 0.268 e. The molecule has 12 heavy (non-hydrogen) atoms. The minimum absolute atomic E-state index is 0.0962. The average Bonchev–Trinajstić information content (AvgIpc) is 2.08. The largest absolute Gasteiger partial charge is 0.507 e. The Morgan fingerprint density at radius 3 is 2.83 bits per heavy atom. The molecule has 1 rings (SSSR count). The molecule has 0 heterocycles. The van der Waals surface area contributed by atoms with E-state index in [9.17, 15) is 9.90 Å². The van der Waals surface area contributed by atoms with E-state index < -0.39 is 5.91 Å². The molecule has 0 saturated carbocycles. The van der Waals surface area contributed by atoms with E-state index in [1.54, 1.807) is 6.07 Å². The quantitative estimate of drug-likeness (QED) is 0.379. The number of benzene rings is 1. The summed E-state index contributed by atoms with van der Waals surface area (Å²) in [6.07, 6.45) is 0. The Kier molecular flexibility index (Phi) is 2.67. The molecule has 0 saturated heterocycles. The van der Waals surface area contributed by atoms with Crippen molar-refractivity contribution in [3.63, 3.8) is 0 Å². The molecule has 0 spiro atoms. The SMILES string of the molecule is NNC(=O)c1cc(Br)ccc1O. The van der Waals surface area contributed by atoms with E-state index in [0.717, 1.165) is 0 Å². The number of hydrazine groups is 1. The lowest BCUT2D eigenvalue weighted by molar-refractivity contribution is 0.0951. The van der Waals surface area contributed by atoms with Crippen molar-refractivity contribution in [3.8, 4) is 5.75 Å². The van der Waals surface area contributed by atoms with Gasteiger partial charge in [-0.1, -0.05) is 15.9 Å². The van der Waals surface area contributed by atoms with Crippen molar-refractivity contribution in [2.75, 3.05) is 0 Å². The summed E-state index contributed by atoms with van der Waals surface area (Å²) in [5.74, 6) is 4.28. The molecule has 0 aromatic heterocycles. The van der Waals surface area contributed by atoms with Crippen molar-refractivity contribution in [3.05, 3.63) is 28.2 Å². The summed E-state index contributed by atoms with van der Waals surface area (Å²) in [7, 11) is 0. The highest BCUT2D eigenvalue weighted by Gasteiger charge is 2.08. The lowest BCUT2D eigenvalue weighted by Gasteiger charge is -2.02. The summed E-state index contributed by atoms with van der Waals surface area (Å²) < 4.78 is 0.707. The number of rotatable bonds is 1. The molecule has 0 aliphatic rings. The van der Waals surface area contributed by atoms with Crippen molar-refractivity contribution in [2.45, 2.75) is 0 Å². The lowest BCUT2D eigenvalue weighted by atomic mass is 10.2. The Morgan fingerprint density at radius 2 is 2.25 bits per heavy atom. The zero-order valence-corrected chi connectivity index (χ0v) is 7.63. The van der Waals surface area contributed by atoms with Crippen LogP contribution in [-0.2, 0) is 0 Å². The van der Waals surface area contributed by atoms with Gasteiger partial charge in [-0.05, 0) is 18.2 Å². The normalized spacial score (nSPS) is 9.50. The highest BCUT2D eigenvalue weighted by molar-refractivity contribution is 9.10. The van der Waals surface area contributed by atoms with Gasteiger partial charge in [0, 0.05) is 4.47 Å². The number of nitrogen functional groups attached to an aromatic ring is 1. The number of amides is 1. The van der Waals surface area contributed by atoms with Crippen molar-refractivity contribution >= 4 is 21.8 Å². The Labute approximate surface area is 77.5 Å².